The van der Waals surface area contributed by atoms with Crippen LogP contribution < -0.4 is 5.73 Å². The van der Waals surface area contributed by atoms with E-state index in [0.717, 1.165) is 16.7 Å². The highest BCUT2D eigenvalue weighted by molar-refractivity contribution is 5.78. The van der Waals surface area contributed by atoms with E-state index in [1.54, 1.807) is 6.08 Å². The SMILES string of the molecule is C=C/C=C(\C=C(\C)CC(=O)OCCN)c1ccccc1. The number of benzene rings is 1. The fourth-order valence-electron chi connectivity index (χ4n) is 1.75. The summed E-state index contributed by atoms with van der Waals surface area (Å²) in [5, 5.41) is 0. The zero-order chi connectivity index (χ0) is 14.8. The van der Waals surface area contributed by atoms with Crippen LogP contribution in [0.3, 0.4) is 0 Å². The lowest BCUT2D eigenvalue weighted by Crippen LogP contribution is -2.13. The summed E-state index contributed by atoms with van der Waals surface area (Å²) in [5.41, 5.74) is 8.33. The number of carbonyl (C=O) groups excluding carboxylic acids is 1. The minimum absolute atomic E-state index is 0.254. The predicted molar refractivity (Wildman–Crippen MR) is 83.0 cm³/mol. The van der Waals surface area contributed by atoms with Crippen molar-refractivity contribution in [3.8, 4) is 0 Å². The van der Waals surface area contributed by atoms with E-state index < -0.39 is 0 Å². The molecule has 1 aromatic carbocycles. The van der Waals surface area contributed by atoms with Crippen LogP contribution in [-0.2, 0) is 9.53 Å². The van der Waals surface area contributed by atoms with Crippen LogP contribution in [0.1, 0.15) is 18.9 Å². The number of nitrogens with two attached hydrogens (primary N) is 1. The molecule has 0 radical (unpaired) electrons. The highest BCUT2D eigenvalue weighted by atomic mass is 16.5. The van der Waals surface area contributed by atoms with Gasteiger partial charge >= 0.3 is 5.97 Å². The van der Waals surface area contributed by atoms with Crippen LogP contribution >= 0.6 is 0 Å². The summed E-state index contributed by atoms with van der Waals surface area (Å²) in [7, 11) is 0. The van der Waals surface area contributed by atoms with Crippen LogP contribution in [-0.4, -0.2) is 19.1 Å². The molecule has 0 amide bonds. The van der Waals surface area contributed by atoms with Crippen molar-refractivity contribution in [2.75, 3.05) is 13.2 Å². The first-order valence-electron chi connectivity index (χ1n) is 6.58. The zero-order valence-corrected chi connectivity index (χ0v) is 11.8. The topological polar surface area (TPSA) is 52.3 Å². The highest BCUT2D eigenvalue weighted by Crippen LogP contribution is 2.18. The van der Waals surface area contributed by atoms with Gasteiger partial charge in [0.1, 0.15) is 6.61 Å². The van der Waals surface area contributed by atoms with Crippen LogP contribution in [0.25, 0.3) is 5.57 Å². The van der Waals surface area contributed by atoms with Crippen LogP contribution in [0.2, 0.25) is 0 Å². The van der Waals surface area contributed by atoms with E-state index in [0.29, 0.717) is 6.54 Å². The lowest BCUT2D eigenvalue weighted by Gasteiger charge is -2.06. The first kappa shape index (κ1) is 15.9. The lowest BCUT2D eigenvalue weighted by molar-refractivity contribution is -0.142. The summed E-state index contributed by atoms with van der Waals surface area (Å²) in [6.45, 7) is 6.24. The average molecular weight is 271 g/mol. The first-order chi connectivity index (χ1) is 9.67. The van der Waals surface area contributed by atoms with Crippen LogP contribution in [0, 0.1) is 0 Å². The second-order valence-corrected chi connectivity index (χ2v) is 4.40. The van der Waals surface area contributed by atoms with Gasteiger partial charge in [0.25, 0.3) is 0 Å². The van der Waals surface area contributed by atoms with Crippen molar-refractivity contribution in [3.63, 3.8) is 0 Å². The van der Waals surface area contributed by atoms with Crippen molar-refractivity contribution in [3.05, 3.63) is 66.3 Å². The number of carbonyl (C=O) groups is 1. The van der Waals surface area contributed by atoms with E-state index in [9.17, 15) is 4.79 Å². The van der Waals surface area contributed by atoms with E-state index in [-0.39, 0.29) is 19.0 Å². The molecule has 3 nitrogen and oxygen atoms in total. The number of rotatable bonds is 7. The molecule has 2 N–H and O–H groups in total. The Hall–Kier alpha value is -2.13. The Balaban J connectivity index is 2.79. The standard InChI is InChI=1S/C17H21NO2/c1-3-7-16(15-8-5-4-6-9-15)12-14(2)13-17(19)20-11-10-18/h3-9,12H,1,10-11,13,18H2,2H3/b14-12-,16-7+. The Bertz CT molecular complexity index is 501. The molecule has 0 saturated heterocycles. The number of allylic oxidation sites excluding steroid dienone is 4. The molecular weight excluding hydrogens is 250 g/mol. The molecule has 0 heterocycles. The fourth-order valence-corrected chi connectivity index (χ4v) is 1.75. The molecule has 1 aromatic rings. The Morgan fingerprint density at radius 3 is 2.65 bits per heavy atom. The van der Waals surface area contributed by atoms with Gasteiger partial charge < -0.3 is 10.5 Å². The minimum Gasteiger partial charge on any atom is -0.464 e. The Morgan fingerprint density at radius 1 is 1.35 bits per heavy atom. The first-order valence-corrected chi connectivity index (χ1v) is 6.58. The maximum absolute atomic E-state index is 11.5. The van der Waals surface area contributed by atoms with Gasteiger partial charge in [-0.3, -0.25) is 4.79 Å². The summed E-state index contributed by atoms with van der Waals surface area (Å²) >= 11 is 0. The van der Waals surface area contributed by atoms with Crippen LogP contribution in [0.15, 0.2) is 60.7 Å². The Kier molecular flexibility index (Phi) is 7.07. The van der Waals surface area contributed by atoms with Gasteiger partial charge in [-0.05, 0) is 18.1 Å². The Morgan fingerprint density at radius 2 is 2.05 bits per heavy atom. The van der Waals surface area contributed by atoms with E-state index in [2.05, 4.69) is 6.58 Å². The molecule has 1 rings (SSSR count). The number of hydrogen-bond acceptors (Lipinski definition) is 3. The van der Waals surface area contributed by atoms with Crippen LogP contribution in [0.5, 0.6) is 0 Å². The summed E-state index contributed by atoms with van der Waals surface area (Å²) in [6.07, 6.45) is 5.89. The van der Waals surface area contributed by atoms with Gasteiger partial charge in [0.2, 0.25) is 0 Å². The van der Waals surface area contributed by atoms with E-state index in [1.165, 1.54) is 0 Å². The molecule has 0 bridgehead atoms. The lowest BCUT2D eigenvalue weighted by atomic mass is 10.0. The van der Waals surface area contributed by atoms with E-state index in [1.807, 2.05) is 49.4 Å². The van der Waals surface area contributed by atoms with Crippen molar-refractivity contribution in [1.82, 2.24) is 0 Å². The molecule has 0 aliphatic carbocycles. The van der Waals surface area contributed by atoms with Gasteiger partial charge in [0.15, 0.2) is 0 Å². The fraction of sp³-hybridized carbons (Fsp3) is 0.235. The third-order valence-electron chi connectivity index (χ3n) is 2.61. The average Bonchev–Trinajstić information content (AvgIpc) is 2.45. The van der Waals surface area contributed by atoms with Crippen molar-refractivity contribution >= 4 is 11.5 Å². The number of esters is 1. The number of ether oxygens (including phenoxy) is 1. The van der Waals surface area contributed by atoms with Crippen molar-refractivity contribution in [1.29, 1.82) is 0 Å². The van der Waals surface area contributed by atoms with Crippen molar-refractivity contribution < 1.29 is 9.53 Å². The zero-order valence-electron chi connectivity index (χ0n) is 11.8. The Labute approximate surface area is 120 Å². The van der Waals surface area contributed by atoms with E-state index >= 15 is 0 Å². The second-order valence-electron chi connectivity index (χ2n) is 4.40. The summed E-state index contributed by atoms with van der Waals surface area (Å²) < 4.78 is 4.96. The molecule has 0 aromatic heterocycles. The second kappa shape index (κ2) is 8.88. The highest BCUT2D eigenvalue weighted by Gasteiger charge is 2.05. The largest absolute Gasteiger partial charge is 0.464 e. The normalized spacial score (nSPS) is 12.1. The summed E-state index contributed by atoms with van der Waals surface area (Å²) in [5.74, 6) is -0.254. The maximum Gasteiger partial charge on any atom is 0.309 e. The molecule has 0 aliphatic heterocycles. The molecule has 0 spiro atoms. The van der Waals surface area contributed by atoms with Crippen molar-refractivity contribution in [2.24, 2.45) is 5.73 Å². The summed E-state index contributed by atoms with van der Waals surface area (Å²) in [6, 6.07) is 9.96. The van der Waals surface area contributed by atoms with Gasteiger partial charge in [0, 0.05) is 6.54 Å². The quantitative estimate of drug-likeness (QED) is 0.612. The van der Waals surface area contributed by atoms with Crippen LogP contribution in [0.4, 0.5) is 0 Å². The molecule has 0 aliphatic rings. The maximum atomic E-state index is 11.5. The minimum atomic E-state index is -0.254. The van der Waals surface area contributed by atoms with Gasteiger partial charge in [-0.25, -0.2) is 0 Å². The summed E-state index contributed by atoms with van der Waals surface area (Å²) in [4.78, 5) is 11.5. The predicted octanol–water partition coefficient (Wildman–Crippen LogP) is 3.09. The third-order valence-corrected chi connectivity index (χ3v) is 2.61. The molecule has 0 unspecified atom stereocenters. The van der Waals surface area contributed by atoms with Gasteiger partial charge in [-0.2, -0.15) is 0 Å². The number of hydrogen-bond donors (Lipinski definition) is 1. The molecular formula is C17H21NO2. The molecule has 3 heteroatoms. The van der Waals surface area contributed by atoms with Gasteiger partial charge in [-0.15, -0.1) is 0 Å². The molecule has 0 fully saturated rings. The smallest absolute Gasteiger partial charge is 0.309 e. The van der Waals surface area contributed by atoms with Gasteiger partial charge in [0.05, 0.1) is 6.42 Å². The molecule has 0 atom stereocenters. The molecule has 0 saturated carbocycles. The molecule has 20 heavy (non-hydrogen) atoms. The van der Waals surface area contributed by atoms with E-state index in [4.69, 9.17) is 10.5 Å². The molecule has 106 valence electrons. The van der Waals surface area contributed by atoms with Crippen molar-refractivity contribution in [2.45, 2.75) is 13.3 Å². The monoisotopic (exact) mass is 271 g/mol. The van der Waals surface area contributed by atoms with Gasteiger partial charge in [-0.1, -0.05) is 60.7 Å². The third kappa shape index (κ3) is 5.67.